The molecule has 0 spiro atoms. The number of morpholine rings is 1. The lowest BCUT2D eigenvalue weighted by atomic mass is 10.1. The van der Waals surface area contributed by atoms with Crippen LogP contribution in [0, 0.1) is 6.92 Å². The van der Waals surface area contributed by atoms with Crippen molar-refractivity contribution in [3.63, 3.8) is 0 Å². The zero-order valence-electron chi connectivity index (χ0n) is 17.0. The first-order valence-electron chi connectivity index (χ1n) is 10.2. The molecule has 0 bridgehead atoms. The fourth-order valence-electron chi connectivity index (χ4n) is 3.84. The lowest BCUT2D eigenvalue weighted by Gasteiger charge is -2.36. The average molecular weight is 421 g/mol. The molecule has 9 heteroatoms. The van der Waals surface area contributed by atoms with Gasteiger partial charge in [-0.1, -0.05) is 18.2 Å². The zero-order valence-corrected chi connectivity index (χ0v) is 17.0. The van der Waals surface area contributed by atoms with Crippen LogP contribution >= 0.6 is 0 Å². The second-order valence-electron chi connectivity index (χ2n) is 7.73. The van der Waals surface area contributed by atoms with E-state index in [1.807, 2.05) is 13.0 Å². The van der Waals surface area contributed by atoms with Crippen molar-refractivity contribution in [1.29, 1.82) is 0 Å². The van der Waals surface area contributed by atoms with E-state index in [4.69, 9.17) is 9.72 Å². The summed E-state index contributed by atoms with van der Waals surface area (Å²) in [5, 5.41) is 0. The minimum atomic E-state index is -4.31. The zero-order chi connectivity index (χ0) is 21.1. The van der Waals surface area contributed by atoms with Crippen molar-refractivity contribution in [1.82, 2.24) is 14.9 Å². The van der Waals surface area contributed by atoms with Crippen LogP contribution in [0.1, 0.15) is 16.8 Å². The lowest BCUT2D eigenvalue weighted by Crippen LogP contribution is -2.46. The van der Waals surface area contributed by atoms with Crippen LogP contribution in [0.15, 0.2) is 30.3 Å². The summed E-state index contributed by atoms with van der Waals surface area (Å²) < 4.78 is 44.2. The molecule has 1 aromatic heterocycles. The highest BCUT2D eigenvalue weighted by Gasteiger charge is 2.30. The third-order valence-electron chi connectivity index (χ3n) is 5.48. The van der Waals surface area contributed by atoms with Gasteiger partial charge in [0, 0.05) is 57.6 Å². The van der Waals surface area contributed by atoms with E-state index in [0.717, 1.165) is 62.8 Å². The lowest BCUT2D eigenvalue weighted by molar-refractivity contribution is -0.137. The number of benzene rings is 1. The number of anilines is 2. The molecule has 0 N–H and O–H groups in total. The Labute approximate surface area is 174 Å². The molecule has 162 valence electrons. The largest absolute Gasteiger partial charge is 0.416 e. The van der Waals surface area contributed by atoms with Gasteiger partial charge < -0.3 is 14.5 Å². The Hall–Kier alpha value is -2.39. The van der Waals surface area contributed by atoms with E-state index >= 15 is 0 Å². The van der Waals surface area contributed by atoms with E-state index in [9.17, 15) is 13.2 Å². The molecule has 0 saturated carbocycles. The predicted molar refractivity (Wildman–Crippen MR) is 109 cm³/mol. The molecule has 0 atom stereocenters. The Morgan fingerprint density at radius 2 is 1.67 bits per heavy atom. The van der Waals surface area contributed by atoms with E-state index in [1.54, 1.807) is 6.07 Å². The van der Waals surface area contributed by atoms with Crippen LogP contribution in [0.25, 0.3) is 0 Å². The van der Waals surface area contributed by atoms with Crippen LogP contribution in [0.4, 0.5) is 24.9 Å². The van der Waals surface area contributed by atoms with Gasteiger partial charge in [0.25, 0.3) is 0 Å². The first kappa shape index (κ1) is 20.9. The summed E-state index contributed by atoms with van der Waals surface area (Å²) in [4.78, 5) is 15.9. The highest BCUT2D eigenvalue weighted by atomic mass is 19.4. The van der Waals surface area contributed by atoms with E-state index in [2.05, 4.69) is 19.7 Å². The van der Waals surface area contributed by atoms with Gasteiger partial charge in [-0.15, -0.1) is 0 Å². The molecule has 6 nitrogen and oxygen atoms in total. The van der Waals surface area contributed by atoms with E-state index in [1.165, 1.54) is 12.1 Å². The summed E-state index contributed by atoms with van der Waals surface area (Å²) >= 11 is 0. The molecule has 2 aromatic rings. The summed E-state index contributed by atoms with van der Waals surface area (Å²) in [7, 11) is 0. The van der Waals surface area contributed by atoms with Gasteiger partial charge >= 0.3 is 6.18 Å². The summed E-state index contributed by atoms with van der Waals surface area (Å²) in [5.74, 6) is 1.64. The molecule has 30 heavy (non-hydrogen) atoms. The maximum Gasteiger partial charge on any atom is 0.416 e. The number of halogens is 3. The number of aryl methyl sites for hydroxylation is 1. The molecular weight excluding hydrogens is 395 g/mol. The minimum Gasteiger partial charge on any atom is -0.378 e. The monoisotopic (exact) mass is 421 g/mol. The van der Waals surface area contributed by atoms with Crippen molar-refractivity contribution in [2.24, 2.45) is 0 Å². The van der Waals surface area contributed by atoms with E-state index in [0.29, 0.717) is 25.3 Å². The summed E-state index contributed by atoms with van der Waals surface area (Å²) in [6.45, 7) is 8.51. The molecule has 1 aromatic carbocycles. The number of nitrogens with zero attached hydrogens (tertiary/aromatic N) is 5. The fraction of sp³-hybridized carbons (Fsp3) is 0.524. The molecule has 2 saturated heterocycles. The number of hydrogen-bond donors (Lipinski definition) is 0. The van der Waals surface area contributed by atoms with Gasteiger partial charge in [0.1, 0.15) is 5.82 Å². The van der Waals surface area contributed by atoms with Gasteiger partial charge in [-0.05, 0) is 18.6 Å². The molecule has 0 aliphatic carbocycles. The highest BCUT2D eigenvalue weighted by Crippen LogP contribution is 2.30. The Balaban J connectivity index is 1.38. The number of hydrogen-bond acceptors (Lipinski definition) is 6. The van der Waals surface area contributed by atoms with Gasteiger partial charge in [-0.25, -0.2) is 4.98 Å². The minimum absolute atomic E-state index is 0.513. The molecule has 4 rings (SSSR count). The molecule has 2 aliphatic heterocycles. The molecule has 0 amide bonds. The first-order chi connectivity index (χ1) is 14.4. The molecular formula is C21H26F3N5O. The summed E-state index contributed by atoms with van der Waals surface area (Å²) in [6, 6.07) is 7.58. The normalized spacial score (nSPS) is 18.7. The van der Waals surface area contributed by atoms with Crippen LogP contribution in [0.3, 0.4) is 0 Å². The third-order valence-corrected chi connectivity index (χ3v) is 5.48. The van der Waals surface area contributed by atoms with Crippen molar-refractivity contribution < 1.29 is 17.9 Å². The Kier molecular flexibility index (Phi) is 6.10. The number of aromatic nitrogens is 2. The van der Waals surface area contributed by atoms with Crippen LogP contribution < -0.4 is 9.80 Å². The number of alkyl halides is 3. The van der Waals surface area contributed by atoms with E-state index < -0.39 is 11.7 Å². The Morgan fingerprint density at radius 1 is 0.933 bits per heavy atom. The Bertz CT molecular complexity index is 862. The third kappa shape index (κ3) is 5.02. The van der Waals surface area contributed by atoms with Crippen LogP contribution in [-0.4, -0.2) is 67.4 Å². The quantitative estimate of drug-likeness (QED) is 0.757. The maximum absolute atomic E-state index is 12.9. The fourth-order valence-corrected chi connectivity index (χ4v) is 3.84. The van der Waals surface area contributed by atoms with Crippen molar-refractivity contribution in [3.05, 3.63) is 47.2 Å². The van der Waals surface area contributed by atoms with Crippen molar-refractivity contribution in [3.8, 4) is 0 Å². The van der Waals surface area contributed by atoms with E-state index in [-0.39, 0.29) is 0 Å². The van der Waals surface area contributed by atoms with Gasteiger partial charge in [-0.2, -0.15) is 18.2 Å². The molecule has 2 aliphatic rings. The summed E-state index contributed by atoms with van der Waals surface area (Å²) in [6.07, 6.45) is -4.31. The average Bonchev–Trinajstić information content (AvgIpc) is 2.74. The van der Waals surface area contributed by atoms with Crippen LogP contribution in [0.5, 0.6) is 0 Å². The predicted octanol–water partition coefficient (Wildman–Crippen LogP) is 2.96. The second-order valence-corrected chi connectivity index (χ2v) is 7.73. The number of rotatable bonds is 4. The first-order valence-corrected chi connectivity index (χ1v) is 10.2. The maximum atomic E-state index is 12.9. The van der Waals surface area contributed by atoms with Crippen LogP contribution in [0.2, 0.25) is 0 Å². The smallest absolute Gasteiger partial charge is 0.378 e. The highest BCUT2D eigenvalue weighted by molar-refractivity contribution is 5.46. The van der Waals surface area contributed by atoms with Gasteiger partial charge in [0.15, 0.2) is 0 Å². The number of piperazine rings is 1. The summed E-state index contributed by atoms with van der Waals surface area (Å²) in [5.41, 5.74) is 1.02. The van der Waals surface area contributed by atoms with Crippen LogP contribution in [-0.2, 0) is 17.5 Å². The molecule has 0 unspecified atom stereocenters. The van der Waals surface area contributed by atoms with Gasteiger partial charge in [0.05, 0.1) is 18.8 Å². The molecule has 3 heterocycles. The molecule has 2 fully saturated rings. The topological polar surface area (TPSA) is 44.7 Å². The van der Waals surface area contributed by atoms with Crippen molar-refractivity contribution in [2.75, 3.05) is 62.3 Å². The standard InChI is InChI=1S/C21H26F3N5O/c1-16-13-19(26-20(25-16)29-9-11-30-12-10-29)28-7-5-27(6-8-28)15-17-3-2-4-18(14-17)21(22,23)24/h2-4,13-14H,5-12,15H2,1H3. The second kappa shape index (κ2) is 8.77. The van der Waals surface area contributed by atoms with Gasteiger partial charge in [0.2, 0.25) is 5.95 Å². The molecule has 0 radical (unpaired) electrons. The number of ether oxygens (including phenoxy) is 1. The van der Waals surface area contributed by atoms with Crippen molar-refractivity contribution in [2.45, 2.75) is 19.6 Å². The van der Waals surface area contributed by atoms with Crippen molar-refractivity contribution >= 4 is 11.8 Å². The SMILES string of the molecule is Cc1cc(N2CCN(Cc3cccc(C(F)(F)F)c3)CC2)nc(N2CCOCC2)n1. The van der Waals surface area contributed by atoms with Gasteiger partial charge in [-0.3, -0.25) is 4.90 Å². The Morgan fingerprint density at radius 3 is 2.37 bits per heavy atom.